The van der Waals surface area contributed by atoms with Gasteiger partial charge in [0.05, 0.1) is 19.9 Å². The van der Waals surface area contributed by atoms with Crippen molar-refractivity contribution in [1.29, 1.82) is 0 Å². The van der Waals surface area contributed by atoms with Crippen molar-refractivity contribution in [2.24, 2.45) is 0 Å². The lowest BCUT2D eigenvalue weighted by Gasteiger charge is -2.20. The molecule has 0 aliphatic carbocycles. The van der Waals surface area contributed by atoms with E-state index in [-0.39, 0.29) is 0 Å². The average molecular weight is 542 g/mol. The Morgan fingerprint density at radius 2 is 1.74 bits per heavy atom. The SMILES string of the molecule is C=C(/C=C/C(=C/C=C1\Oc2cc(OC)ccc2N1CCN(C)C)c1ccncc1)Sc1cc(OC)ccc1C. The molecule has 0 radical (unpaired) electrons. The zero-order valence-electron chi connectivity index (χ0n) is 23.2. The highest BCUT2D eigenvalue weighted by atomic mass is 32.2. The number of thioether (sulfide) groups is 1. The Morgan fingerprint density at radius 1 is 1.03 bits per heavy atom. The van der Waals surface area contributed by atoms with Gasteiger partial charge in [0.25, 0.3) is 0 Å². The van der Waals surface area contributed by atoms with Crippen molar-refractivity contribution in [3.63, 3.8) is 0 Å². The minimum Gasteiger partial charge on any atom is -0.497 e. The van der Waals surface area contributed by atoms with Crippen LogP contribution < -0.4 is 19.1 Å². The lowest BCUT2D eigenvalue weighted by atomic mass is 10.1. The second-order valence-electron chi connectivity index (χ2n) is 9.29. The Kier molecular flexibility index (Phi) is 9.52. The minimum atomic E-state index is 0.764. The predicted octanol–water partition coefficient (Wildman–Crippen LogP) is 6.95. The van der Waals surface area contributed by atoms with E-state index in [9.17, 15) is 0 Å². The monoisotopic (exact) mass is 541 g/mol. The summed E-state index contributed by atoms with van der Waals surface area (Å²) in [6.45, 7) is 8.04. The van der Waals surface area contributed by atoms with Gasteiger partial charge >= 0.3 is 0 Å². The van der Waals surface area contributed by atoms with Gasteiger partial charge < -0.3 is 24.0 Å². The lowest BCUT2D eigenvalue weighted by molar-refractivity contribution is 0.394. The number of fused-ring (bicyclic) bond motifs is 1. The van der Waals surface area contributed by atoms with E-state index in [1.165, 1.54) is 5.56 Å². The second kappa shape index (κ2) is 13.2. The van der Waals surface area contributed by atoms with E-state index >= 15 is 0 Å². The van der Waals surface area contributed by atoms with Crippen LogP contribution >= 0.6 is 11.8 Å². The quantitative estimate of drug-likeness (QED) is 0.192. The molecular weight excluding hydrogens is 506 g/mol. The average Bonchev–Trinajstić information content (AvgIpc) is 3.29. The van der Waals surface area contributed by atoms with Gasteiger partial charge in [-0.15, -0.1) is 0 Å². The number of allylic oxidation sites excluding steroid dienone is 5. The molecule has 7 heteroatoms. The Bertz CT molecular complexity index is 1400. The van der Waals surface area contributed by atoms with E-state index in [2.05, 4.69) is 60.6 Å². The fourth-order valence-electron chi connectivity index (χ4n) is 4.00. The van der Waals surface area contributed by atoms with E-state index in [0.29, 0.717) is 0 Å². The molecule has 0 spiro atoms. The van der Waals surface area contributed by atoms with Gasteiger partial charge in [-0.05, 0) is 92.3 Å². The summed E-state index contributed by atoms with van der Waals surface area (Å²) >= 11 is 1.62. The molecule has 1 aliphatic rings. The van der Waals surface area contributed by atoms with Crippen molar-refractivity contribution in [1.82, 2.24) is 9.88 Å². The van der Waals surface area contributed by atoms with Gasteiger partial charge in [-0.1, -0.05) is 30.5 Å². The van der Waals surface area contributed by atoms with E-state index < -0.39 is 0 Å². The fourth-order valence-corrected chi connectivity index (χ4v) is 4.82. The van der Waals surface area contributed by atoms with Crippen LogP contribution in [0.2, 0.25) is 0 Å². The zero-order chi connectivity index (χ0) is 27.8. The van der Waals surface area contributed by atoms with Crippen LogP contribution in [0.25, 0.3) is 5.57 Å². The van der Waals surface area contributed by atoms with E-state index in [0.717, 1.165) is 62.8 Å². The molecule has 39 heavy (non-hydrogen) atoms. The van der Waals surface area contributed by atoms with Crippen LogP contribution in [0.3, 0.4) is 0 Å². The summed E-state index contributed by atoms with van der Waals surface area (Å²) < 4.78 is 17.1. The number of ether oxygens (including phenoxy) is 3. The van der Waals surface area contributed by atoms with Crippen molar-refractivity contribution in [2.45, 2.75) is 11.8 Å². The number of aromatic nitrogens is 1. The summed E-state index contributed by atoms with van der Waals surface area (Å²) in [4.78, 5) is 10.6. The Labute approximate surface area is 235 Å². The number of likely N-dealkylation sites (N-methyl/N-ethyl adjacent to an activating group) is 1. The highest BCUT2D eigenvalue weighted by Gasteiger charge is 2.26. The van der Waals surface area contributed by atoms with Crippen molar-refractivity contribution in [3.05, 3.63) is 114 Å². The topological polar surface area (TPSA) is 47.1 Å². The summed E-state index contributed by atoms with van der Waals surface area (Å²) in [5, 5.41) is 0. The molecule has 0 fully saturated rings. The lowest BCUT2D eigenvalue weighted by Crippen LogP contribution is -2.29. The number of hydrogen-bond acceptors (Lipinski definition) is 7. The number of pyridine rings is 1. The van der Waals surface area contributed by atoms with Gasteiger partial charge in [-0.3, -0.25) is 4.98 Å². The smallest absolute Gasteiger partial charge is 0.200 e. The summed E-state index contributed by atoms with van der Waals surface area (Å²) in [6.07, 6.45) is 11.8. The van der Waals surface area contributed by atoms with Gasteiger partial charge in [0.15, 0.2) is 5.75 Å². The number of benzene rings is 2. The van der Waals surface area contributed by atoms with Crippen molar-refractivity contribution in [2.75, 3.05) is 46.3 Å². The molecule has 2 heterocycles. The molecular formula is C32H35N3O3S. The first-order valence-electron chi connectivity index (χ1n) is 12.7. The van der Waals surface area contributed by atoms with E-state index in [4.69, 9.17) is 14.2 Å². The van der Waals surface area contributed by atoms with Gasteiger partial charge in [-0.2, -0.15) is 0 Å². The normalized spacial score (nSPS) is 14.2. The van der Waals surface area contributed by atoms with Crippen molar-refractivity contribution >= 4 is 23.0 Å². The molecule has 2 aromatic carbocycles. The van der Waals surface area contributed by atoms with Gasteiger partial charge in [0, 0.05) is 41.4 Å². The third-order valence-electron chi connectivity index (χ3n) is 6.21. The second-order valence-corrected chi connectivity index (χ2v) is 10.5. The molecule has 1 aliphatic heterocycles. The number of rotatable bonds is 11. The molecule has 202 valence electrons. The zero-order valence-corrected chi connectivity index (χ0v) is 24.0. The number of aryl methyl sites for hydroxylation is 1. The minimum absolute atomic E-state index is 0.764. The van der Waals surface area contributed by atoms with Crippen LogP contribution in [-0.2, 0) is 0 Å². The van der Waals surface area contributed by atoms with Crippen molar-refractivity contribution < 1.29 is 14.2 Å². The first-order chi connectivity index (χ1) is 18.9. The summed E-state index contributed by atoms with van der Waals surface area (Å²) in [5.41, 5.74) is 4.26. The molecule has 4 rings (SSSR count). The van der Waals surface area contributed by atoms with Crippen LogP contribution in [0.4, 0.5) is 5.69 Å². The third-order valence-corrected chi connectivity index (χ3v) is 7.27. The first kappa shape index (κ1) is 28.1. The maximum atomic E-state index is 6.29. The molecule has 3 aromatic rings. The fraction of sp³-hybridized carbons (Fsp3) is 0.219. The molecule has 6 nitrogen and oxygen atoms in total. The van der Waals surface area contributed by atoms with E-state index in [1.807, 2.05) is 54.6 Å². The number of hydrogen-bond donors (Lipinski definition) is 0. The summed E-state index contributed by atoms with van der Waals surface area (Å²) in [6, 6.07) is 16.0. The van der Waals surface area contributed by atoms with Gasteiger partial charge in [0.2, 0.25) is 5.88 Å². The van der Waals surface area contributed by atoms with Gasteiger partial charge in [-0.25, -0.2) is 0 Å². The van der Waals surface area contributed by atoms with E-state index in [1.54, 1.807) is 38.4 Å². The largest absolute Gasteiger partial charge is 0.497 e. The molecule has 0 bridgehead atoms. The Balaban J connectivity index is 1.62. The highest BCUT2D eigenvalue weighted by molar-refractivity contribution is 8.03. The van der Waals surface area contributed by atoms with Crippen LogP contribution in [0.1, 0.15) is 11.1 Å². The van der Waals surface area contributed by atoms with Crippen LogP contribution in [0, 0.1) is 6.92 Å². The molecule has 0 N–H and O–H groups in total. The van der Waals surface area contributed by atoms with Crippen LogP contribution in [-0.4, -0.2) is 51.3 Å². The molecule has 0 saturated heterocycles. The van der Waals surface area contributed by atoms with Crippen LogP contribution in [0.5, 0.6) is 17.2 Å². The Morgan fingerprint density at radius 3 is 2.46 bits per heavy atom. The molecule has 0 saturated carbocycles. The first-order valence-corrected chi connectivity index (χ1v) is 13.5. The highest BCUT2D eigenvalue weighted by Crippen LogP contribution is 2.41. The molecule has 0 amide bonds. The maximum Gasteiger partial charge on any atom is 0.200 e. The summed E-state index contributed by atoms with van der Waals surface area (Å²) in [7, 11) is 7.48. The van der Waals surface area contributed by atoms with Crippen molar-refractivity contribution in [3.8, 4) is 17.2 Å². The van der Waals surface area contributed by atoms with Crippen LogP contribution in [0.15, 0.2) is 107 Å². The molecule has 1 aromatic heterocycles. The molecule has 0 atom stereocenters. The predicted molar refractivity (Wildman–Crippen MR) is 162 cm³/mol. The summed E-state index contributed by atoms with van der Waals surface area (Å²) in [5.74, 6) is 3.14. The Hall–Kier alpha value is -3.94. The van der Waals surface area contributed by atoms with Gasteiger partial charge in [0.1, 0.15) is 11.5 Å². The number of methoxy groups -OCH3 is 2. The third kappa shape index (κ3) is 7.34. The number of nitrogens with zero attached hydrogens (tertiary/aromatic N) is 3. The standard InChI is InChI=1S/C32H35N3O3S/c1-23-7-11-28(37-6)22-31(23)39-24(2)8-9-25(26-15-17-33-18-16-26)10-14-32-35(20-19-34(3)4)29-13-12-27(36-5)21-30(29)38-32/h7-18,21-22H,2,19-20H2,1,3-6H3/b9-8+,25-10-,32-14-. The molecule has 0 unspecified atom stereocenters. The number of anilines is 1. The maximum absolute atomic E-state index is 6.29.